The molecule has 0 radical (unpaired) electrons. The van der Waals surface area contributed by atoms with Crippen molar-refractivity contribution in [3.05, 3.63) is 24.3 Å². The summed E-state index contributed by atoms with van der Waals surface area (Å²) in [5.41, 5.74) is 0.807. The molecular weight excluding hydrogens is 252 g/mol. The van der Waals surface area contributed by atoms with Crippen LogP contribution in [0.3, 0.4) is 0 Å². The van der Waals surface area contributed by atoms with E-state index in [-0.39, 0.29) is 17.9 Å². The van der Waals surface area contributed by atoms with E-state index in [0.29, 0.717) is 0 Å². The van der Waals surface area contributed by atoms with Crippen molar-refractivity contribution in [3.63, 3.8) is 0 Å². The van der Waals surface area contributed by atoms with Crippen molar-refractivity contribution in [2.24, 2.45) is 5.92 Å². The van der Waals surface area contributed by atoms with Crippen LogP contribution in [0.15, 0.2) is 24.3 Å². The van der Waals surface area contributed by atoms with Crippen LogP contribution in [0.1, 0.15) is 33.1 Å². The summed E-state index contributed by atoms with van der Waals surface area (Å²) >= 11 is 0. The minimum absolute atomic E-state index is 0.0721. The molecule has 0 aromatic heterocycles. The molecule has 1 aromatic carbocycles. The molecule has 1 saturated heterocycles. The maximum Gasteiger partial charge on any atom is 0.228 e. The highest BCUT2D eigenvalue weighted by atomic mass is 16.5. The first kappa shape index (κ1) is 14.9. The SMILES string of the molecule is CCC(C)Oc1cccc(NC(=O)C2CCCNC2)c1. The minimum atomic E-state index is 0.0721. The van der Waals surface area contributed by atoms with Gasteiger partial charge in [-0.25, -0.2) is 0 Å². The molecule has 1 aliphatic rings. The van der Waals surface area contributed by atoms with E-state index in [0.717, 1.165) is 43.8 Å². The number of carbonyl (C=O) groups is 1. The summed E-state index contributed by atoms with van der Waals surface area (Å²) in [5.74, 6) is 0.972. The van der Waals surface area contributed by atoms with Gasteiger partial charge in [0.2, 0.25) is 5.91 Å². The molecule has 1 amide bonds. The Balaban J connectivity index is 1.94. The second-order valence-corrected chi connectivity index (χ2v) is 5.40. The van der Waals surface area contributed by atoms with Crippen LogP contribution < -0.4 is 15.4 Å². The van der Waals surface area contributed by atoms with Crippen molar-refractivity contribution in [1.29, 1.82) is 0 Å². The van der Waals surface area contributed by atoms with Crippen LogP contribution in [0.25, 0.3) is 0 Å². The van der Waals surface area contributed by atoms with E-state index in [2.05, 4.69) is 17.6 Å². The monoisotopic (exact) mass is 276 g/mol. The number of ether oxygens (including phenoxy) is 1. The largest absolute Gasteiger partial charge is 0.491 e. The predicted octanol–water partition coefficient (Wildman–Crippen LogP) is 2.80. The zero-order valence-electron chi connectivity index (χ0n) is 12.3. The normalized spacial score (nSPS) is 20.2. The lowest BCUT2D eigenvalue weighted by molar-refractivity contribution is -0.120. The number of piperidine rings is 1. The molecule has 0 spiro atoms. The summed E-state index contributed by atoms with van der Waals surface area (Å²) in [6.07, 6.45) is 3.17. The highest BCUT2D eigenvalue weighted by Crippen LogP contribution is 2.20. The van der Waals surface area contributed by atoms with E-state index >= 15 is 0 Å². The van der Waals surface area contributed by atoms with Gasteiger partial charge in [0.25, 0.3) is 0 Å². The molecule has 2 N–H and O–H groups in total. The summed E-state index contributed by atoms with van der Waals surface area (Å²) in [6, 6.07) is 7.62. The smallest absolute Gasteiger partial charge is 0.228 e. The molecule has 20 heavy (non-hydrogen) atoms. The lowest BCUT2D eigenvalue weighted by Crippen LogP contribution is -2.37. The summed E-state index contributed by atoms with van der Waals surface area (Å²) in [5, 5.41) is 6.25. The molecule has 4 heteroatoms. The molecule has 110 valence electrons. The molecule has 1 heterocycles. The molecule has 0 aliphatic carbocycles. The third-order valence-corrected chi connectivity index (χ3v) is 3.68. The Morgan fingerprint density at radius 1 is 1.55 bits per heavy atom. The van der Waals surface area contributed by atoms with Crippen LogP contribution >= 0.6 is 0 Å². The average Bonchev–Trinajstić information content (AvgIpc) is 2.48. The minimum Gasteiger partial charge on any atom is -0.491 e. The number of carbonyl (C=O) groups excluding carboxylic acids is 1. The van der Waals surface area contributed by atoms with E-state index in [9.17, 15) is 4.79 Å². The summed E-state index contributed by atoms with van der Waals surface area (Å²) in [6.45, 7) is 5.92. The first-order valence-electron chi connectivity index (χ1n) is 7.47. The predicted molar refractivity (Wildman–Crippen MR) is 81.0 cm³/mol. The van der Waals surface area contributed by atoms with Gasteiger partial charge in [-0.05, 0) is 44.9 Å². The van der Waals surface area contributed by atoms with E-state index in [1.54, 1.807) is 0 Å². The fraction of sp³-hybridized carbons (Fsp3) is 0.562. The molecule has 1 aliphatic heterocycles. The Kier molecular flexibility index (Phi) is 5.41. The van der Waals surface area contributed by atoms with Gasteiger partial charge in [0.05, 0.1) is 12.0 Å². The number of rotatable bonds is 5. The van der Waals surface area contributed by atoms with Crippen molar-refractivity contribution < 1.29 is 9.53 Å². The second kappa shape index (κ2) is 7.29. The Labute approximate surface area is 120 Å². The lowest BCUT2D eigenvalue weighted by atomic mass is 9.99. The number of hydrogen-bond donors (Lipinski definition) is 2. The average molecular weight is 276 g/mol. The summed E-state index contributed by atoms with van der Waals surface area (Å²) < 4.78 is 5.77. The Hall–Kier alpha value is -1.55. The Morgan fingerprint density at radius 2 is 2.40 bits per heavy atom. The maximum absolute atomic E-state index is 12.2. The Morgan fingerprint density at radius 3 is 3.10 bits per heavy atom. The van der Waals surface area contributed by atoms with Gasteiger partial charge in [-0.3, -0.25) is 4.79 Å². The quantitative estimate of drug-likeness (QED) is 0.869. The van der Waals surface area contributed by atoms with E-state index in [1.807, 2.05) is 31.2 Å². The molecule has 4 nitrogen and oxygen atoms in total. The van der Waals surface area contributed by atoms with Gasteiger partial charge in [-0.15, -0.1) is 0 Å². The number of benzene rings is 1. The van der Waals surface area contributed by atoms with Gasteiger partial charge in [0.1, 0.15) is 5.75 Å². The molecule has 1 fully saturated rings. The molecule has 1 aromatic rings. The third kappa shape index (κ3) is 4.23. The topological polar surface area (TPSA) is 50.4 Å². The first-order chi connectivity index (χ1) is 9.69. The fourth-order valence-electron chi connectivity index (χ4n) is 2.28. The molecule has 2 atom stereocenters. The van der Waals surface area contributed by atoms with Crippen LogP contribution in [0, 0.1) is 5.92 Å². The highest BCUT2D eigenvalue weighted by Gasteiger charge is 2.20. The maximum atomic E-state index is 12.2. The van der Waals surface area contributed by atoms with Crippen LogP contribution in [0.2, 0.25) is 0 Å². The fourth-order valence-corrected chi connectivity index (χ4v) is 2.28. The van der Waals surface area contributed by atoms with Crippen molar-refractivity contribution in [2.75, 3.05) is 18.4 Å². The number of nitrogens with one attached hydrogen (secondary N) is 2. The van der Waals surface area contributed by atoms with Gasteiger partial charge < -0.3 is 15.4 Å². The molecule has 2 rings (SSSR count). The van der Waals surface area contributed by atoms with E-state index in [1.165, 1.54) is 0 Å². The molecular formula is C16H24N2O2. The van der Waals surface area contributed by atoms with Gasteiger partial charge >= 0.3 is 0 Å². The highest BCUT2D eigenvalue weighted by molar-refractivity contribution is 5.92. The van der Waals surface area contributed by atoms with E-state index in [4.69, 9.17) is 4.74 Å². The van der Waals surface area contributed by atoms with Gasteiger partial charge in [0.15, 0.2) is 0 Å². The molecule has 2 unspecified atom stereocenters. The lowest BCUT2D eigenvalue weighted by Gasteiger charge is -2.22. The summed E-state index contributed by atoms with van der Waals surface area (Å²) in [4.78, 5) is 12.2. The zero-order valence-corrected chi connectivity index (χ0v) is 12.3. The van der Waals surface area contributed by atoms with E-state index < -0.39 is 0 Å². The number of anilines is 1. The van der Waals surface area contributed by atoms with Crippen molar-refractivity contribution >= 4 is 11.6 Å². The van der Waals surface area contributed by atoms with Gasteiger partial charge in [0, 0.05) is 18.3 Å². The van der Waals surface area contributed by atoms with Crippen molar-refractivity contribution in [2.45, 2.75) is 39.2 Å². The second-order valence-electron chi connectivity index (χ2n) is 5.40. The van der Waals surface area contributed by atoms with Crippen LogP contribution in [-0.2, 0) is 4.79 Å². The molecule has 0 bridgehead atoms. The van der Waals surface area contributed by atoms with Gasteiger partial charge in [-0.2, -0.15) is 0 Å². The summed E-state index contributed by atoms with van der Waals surface area (Å²) in [7, 11) is 0. The molecule has 0 saturated carbocycles. The third-order valence-electron chi connectivity index (χ3n) is 3.68. The zero-order chi connectivity index (χ0) is 14.4. The number of amides is 1. The van der Waals surface area contributed by atoms with Crippen molar-refractivity contribution in [3.8, 4) is 5.75 Å². The Bertz CT molecular complexity index is 442. The number of hydrogen-bond acceptors (Lipinski definition) is 3. The van der Waals surface area contributed by atoms with Crippen LogP contribution in [0.5, 0.6) is 5.75 Å². The van der Waals surface area contributed by atoms with Crippen LogP contribution in [0.4, 0.5) is 5.69 Å². The standard InChI is InChI=1S/C16H24N2O2/c1-3-12(2)20-15-8-4-7-14(10-15)18-16(19)13-6-5-9-17-11-13/h4,7-8,10,12-13,17H,3,5-6,9,11H2,1-2H3,(H,18,19). The van der Waals surface area contributed by atoms with Crippen molar-refractivity contribution in [1.82, 2.24) is 5.32 Å². The first-order valence-corrected chi connectivity index (χ1v) is 7.47. The van der Waals surface area contributed by atoms with Gasteiger partial charge in [-0.1, -0.05) is 13.0 Å². The van der Waals surface area contributed by atoms with Crippen LogP contribution in [-0.4, -0.2) is 25.1 Å².